The molecule has 0 spiro atoms. The molecule has 0 aliphatic rings. The number of nitrogens with zero attached hydrogens (tertiary/aromatic N) is 2. The highest BCUT2D eigenvalue weighted by Crippen LogP contribution is 2.06. The standard InChI is InChI=1S/C10H12ClFN2O/c1-7(5-11)14(2)10(15)9-4-3-8(12)6-13-9/h3-4,6-7H,5H2,1-2H3. The highest BCUT2D eigenvalue weighted by Gasteiger charge is 2.17. The maximum Gasteiger partial charge on any atom is 0.272 e. The van der Waals surface area contributed by atoms with Gasteiger partial charge in [0.05, 0.1) is 6.20 Å². The first kappa shape index (κ1) is 11.9. The van der Waals surface area contributed by atoms with Crippen molar-refractivity contribution in [3.05, 3.63) is 29.8 Å². The van der Waals surface area contributed by atoms with Gasteiger partial charge in [0.15, 0.2) is 0 Å². The van der Waals surface area contributed by atoms with Crippen LogP contribution >= 0.6 is 11.6 Å². The lowest BCUT2D eigenvalue weighted by Gasteiger charge is -2.22. The molecule has 0 N–H and O–H groups in total. The molecule has 0 fully saturated rings. The third-order valence-electron chi connectivity index (χ3n) is 2.15. The van der Waals surface area contributed by atoms with Crippen LogP contribution in [0.2, 0.25) is 0 Å². The van der Waals surface area contributed by atoms with Gasteiger partial charge in [0, 0.05) is 19.0 Å². The van der Waals surface area contributed by atoms with Crippen molar-refractivity contribution in [3.63, 3.8) is 0 Å². The van der Waals surface area contributed by atoms with Gasteiger partial charge in [-0.05, 0) is 19.1 Å². The van der Waals surface area contributed by atoms with E-state index in [4.69, 9.17) is 11.6 Å². The van der Waals surface area contributed by atoms with Crippen molar-refractivity contribution in [3.8, 4) is 0 Å². The van der Waals surface area contributed by atoms with Gasteiger partial charge >= 0.3 is 0 Å². The van der Waals surface area contributed by atoms with Crippen LogP contribution in [0.25, 0.3) is 0 Å². The molecular weight excluding hydrogens is 219 g/mol. The fraction of sp³-hybridized carbons (Fsp3) is 0.400. The average molecular weight is 231 g/mol. The molecule has 1 aromatic heterocycles. The van der Waals surface area contributed by atoms with Gasteiger partial charge < -0.3 is 4.90 Å². The average Bonchev–Trinajstić information content (AvgIpc) is 2.27. The monoisotopic (exact) mass is 230 g/mol. The quantitative estimate of drug-likeness (QED) is 0.744. The Morgan fingerprint density at radius 3 is 2.80 bits per heavy atom. The molecule has 1 rings (SSSR count). The van der Waals surface area contributed by atoms with Crippen LogP contribution in [0.5, 0.6) is 0 Å². The first-order valence-electron chi connectivity index (χ1n) is 4.51. The molecule has 1 heterocycles. The van der Waals surface area contributed by atoms with Crippen molar-refractivity contribution >= 4 is 17.5 Å². The summed E-state index contributed by atoms with van der Waals surface area (Å²) in [4.78, 5) is 16.9. The van der Waals surface area contributed by atoms with Crippen LogP contribution < -0.4 is 0 Å². The SMILES string of the molecule is CC(CCl)N(C)C(=O)c1ccc(F)cn1. The van der Waals surface area contributed by atoms with Gasteiger partial charge in [0.2, 0.25) is 0 Å². The molecule has 0 aromatic carbocycles. The van der Waals surface area contributed by atoms with Crippen LogP contribution in [0.3, 0.4) is 0 Å². The van der Waals surface area contributed by atoms with Crippen molar-refractivity contribution in [2.45, 2.75) is 13.0 Å². The summed E-state index contributed by atoms with van der Waals surface area (Å²) in [5.41, 5.74) is 0.218. The highest BCUT2D eigenvalue weighted by atomic mass is 35.5. The van der Waals surface area contributed by atoms with Crippen molar-refractivity contribution in [2.24, 2.45) is 0 Å². The number of rotatable bonds is 3. The number of halogens is 2. The summed E-state index contributed by atoms with van der Waals surface area (Å²) in [6.07, 6.45) is 1.02. The van der Waals surface area contributed by atoms with Gasteiger partial charge in [-0.2, -0.15) is 0 Å². The minimum Gasteiger partial charge on any atom is -0.336 e. The molecule has 1 unspecified atom stereocenters. The summed E-state index contributed by atoms with van der Waals surface area (Å²) in [5.74, 6) is -0.369. The lowest BCUT2D eigenvalue weighted by Crippen LogP contribution is -2.36. The summed E-state index contributed by atoms with van der Waals surface area (Å²) in [7, 11) is 1.64. The number of aromatic nitrogens is 1. The number of hydrogen-bond donors (Lipinski definition) is 0. The molecule has 0 aliphatic heterocycles. The Kier molecular flexibility index (Phi) is 4.03. The molecular formula is C10H12ClFN2O. The summed E-state index contributed by atoms with van der Waals surface area (Å²) in [5, 5.41) is 0. The van der Waals surface area contributed by atoms with Gasteiger partial charge in [0.1, 0.15) is 11.5 Å². The zero-order valence-corrected chi connectivity index (χ0v) is 9.33. The molecule has 0 bridgehead atoms. The van der Waals surface area contributed by atoms with Gasteiger partial charge in [-0.3, -0.25) is 4.79 Å². The number of alkyl halides is 1. The number of amides is 1. The second kappa shape index (κ2) is 5.07. The van der Waals surface area contributed by atoms with E-state index in [-0.39, 0.29) is 17.6 Å². The minimum absolute atomic E-state index is 0.0778. The first-order valence-corrected chi connectivity index (χ1v) is 5.04. The molecule has 5 heteroatoms. The maximum absolute atomic E-state index is 12.6. The summed E-state index contributed by atoms with van der Waals surface area (Å²) in [6.45, 7) is 1.83. The number of carbonyl (C=O) groups excluding carboxylic acids is 1. The normalized spacial score (nSPS) is 12.3. The molecule has 1 aromatic rings. The molecule has 82 valence electrons. The zero-order valence-electron chi connectivity index (χ0n) is 8.58. The predicted octanol–water partition coefficient (Wildman–Crippen LogP) is 1.92. The van der Waals surface area contributed by atoms with E-state index in [0.717, 1.165) is 6.20 Å². The Morgan fingerprint density at radius 2 is 2.33 bits per heavy atom. The van der Waals surface area contributed by atoms with Crippen LogP contribution in [0, 0.1) is 5.82 Å². The Morgan fingerprint density at radius 1 is 1.67 bits per heavy atom. The topological polar surface area (TPSA) is 33.2 Å². The lowest BCUT2D eigenvalue weighted by molar-refractivity contribution is 0.0750. The Labute approximate surface area is 92.9 Å². The fourth-order valence-electron chi connectivity index (χ4n) is 0.987. The Bertz CT molecular complexity index is 342. The maximum atomic E-state index is 12.6. The summed E-state index contributed by atoms with van der Waals surface area (Å²) in [6, 6.07) is 2.49. The lowest BCUT2D eigenvalue weighted by atomic mass is 10.2. The van der Waals surface area contributed by atoms with E-state index in [2.05, 4.69) is 4.98 Å². The van der Waals surface area contributed by atoms with Crippen LogP contribution in [0.4, 0.5) is 4.39 Å². The molecule has 3 nitrogen and oxygen atoms in total. The predicted molar refractivity (Wildman–Crippen MR) is 56.5 cm³/mol. The number of carbonyl (C=O) groups is 1. The van der Waals surface area contributed by atoms with Crippen molar-refractivity contribution in [2.75, 3.05) is 12.9 Å². The first-order chi connectivity index (χ1) is 7.06. The molecule has 1 atom stereocenters. The largest absolute Gasteiger partial charge is 0.336 e. The Balaban J connectivity index is 2.80. The summed E-state index contributed by atoms with van der Waals surface area (Å²) >= 11 is 5.63. The zero-order chi connectivity index (χ0) is 11.4. The van der Waals surface area contributed by atoms with E-state index in [9.17, 15) is 9.18 Å². The van der Waals surface area contributed by atoms with E-state index < -0.39 is 5.82 Å². The smallest absolute Gasteiger partial charge is 0.272 e. The van der Waals surface area contributed by atoms with Gasteiger partial charge in [-0.15, -0.1) is 11.6 Å². The van der Waals surface area contributed by atoms with Crippen molar-refractivity contribution in [1.82, 2.24) is 9.88 Å². The molecule has 1 amide bonds. The third kappa shape index (κ3) is 2.89. The van der Waals surface area contributed by atoms with Crippen LogP contribution in [0.15, 0.2) is 18.3 Å². The highest BCUT2D eigenvalue weighted by molar-refractivity contribution is 6.18. The second-order valence-corrected chi connectivity index (χ2v) is 3.59. The molecule has 0 saturated carbocycles. The van der Waals surface area contributed by atoms with Crippen LogP contribution in [0.1, 0.15) is 17.4 Å². The Hall–Kier alpha value is -1.16. The van der Waals surface area contributed by atoms with Gasteiger partial charge in [-0.1, -0.05) is 0 Å². The van der Waals surface area contributed by atoms with Crippen molar-refractivity contribution in [1.29, 1.82) is 0 Å². The van der Waals surface area contributed by atoms with E-state index >= 15 is 0 Å². The molecule has 0 radical (unpaired) electrons. The minimum atomic E-state index is -0.459. The van der Waals surface area contributed by atoms with E-state index in [1.807, 2.05) is 6.92 Å². The van der Waals surface area contributed by atoms with Crippen molar-refractivity contribution < 1.29 is 9.18 Å². The summed E-state index contributed by atoms with van der Waals surface area (Å²) < 4.78 is 12.6. The molecule has 0 saturated heterocycles. The molecule has 15 heavy (non-hydrogen) atoms. The van der Waals surface area contributed by atoms with Crippen LogP contribution in [-0.2, 0) is 0 Å². The second-order valence-electron chi connectivity index (χ2n) is 3.28. The number of pyridine rings is 1. The van der Waals surface area contributed by atoms with E-state index in [1.54, 1.807) is 7.05 Å². The van der Waals surface area contributed by atoms with E-state index in [1.165, 1.54) is 17.0 Å². The van der Waals surface area contributed by atoms with Gasteiger partial charge in [0.25, 0.3) is 5.91 Å². The van der Waals surface area contributed by atoms with E-state index in [0.29, 0.717) is 5.88 Å². The third-order valence-corrected chi connectivity index (χ3v) is 2.60. The van der Waals surface area contributed by atoms with Gasteiger partial charge in [-0.25, -0.2) is 9.37 Å². The molecule has 0 aliphatic carbocycles. The fourth-order valence-corrected chi connectivity index (χ4v) is 1.19. The number of hydrogen-bond acceptors (Lipinski definition) is 2. The van der Waals surface area contributed by atoms with Crippen LogP contribution in [-0.4, -0.2) is 34.8 Å².